The van der Waals surface area contributed by atoms with Gasteiger partial charge in [0.1, 0.15) is 16.2 Å². The van der Waals surface area contributed by atoms with E-state index in [9.17, 15) is 0 Å². The Balaban J connectivity index is 1.87. The monoisotopic (exact) mass is 276 g/mol. The van der Waals surface area contributed by atoms with Crippen molar-refractivity contribution < 1.29 is 0 Å². The Bertz CT molecular complexity index is 584. The van der Waals surface area contributed by atoms with Crippen LogP contribution in [0, 0.1) is 19.8 Å². The minimum Gasteiger partial charge on any atom is -0.365 e. The second-order valence-corrected chi connectivity index (χ2v) is 6.79. The van der Waals surface area contributed by atoms with E-state index in [0.29, 0.717) is 6.04 Å². The third-order valence-electron chi connectivity index (χ3n) is 3.83. The fourth-order valence-corrected chi connectivity index (χ4v) is 3.56. The number of hydrogen-bond acceptors (Lipinski definition) is 5. The molecule has 0 radical (unpaired) electrons. The van der Waals surface area contributed by atoms with Crippen molar-refractivity contribution in [2.75, 3.05) is 5.32 Å². The number of fused-ring (bicyclic) bond motifs is 1. The molecule has 5 heteroatoms. The average Bonchev–Trinajstić information content (AvgIpc) is 2.72. The van der Waals surface area contributed by atoms with Crippen LogP contribution in [0.15, 0.2) is 0 Å². The first-order valence-electron chi connectivity index (χ1n) is 7.00. The van der Waals surface area contributed by atoms with Crippen LogP contribution in [0.1, 0.15) is 43.4 Å². The summed E-state index contributed by atoms with van der Waals surface area (Å²) < 4.78 is 0. The first-order chi connectivity index (χ1) is 9.11. The smallest absolute Gasteiger partial charge is 0.157 e. The molecule has 1 fully saturated rings. The van der Waals surface area contributed by atoms with Crippen molar-refractivity contribution in [3.8, 4) is 0 Å². The molecule has 2 aromatic heterocycles. The van der Waals surface area contributed by atoms with E-state index in [2.05, 4.69) is 27.2 Å². The zero-order valence-electron chi connectivity index (χ0n) is 11.7. The van der Waals surface area contributed by atoms with Crippen molar-refractivity contribution in [2.24, 2.45) is 5.92 Å². The van der Waals surface area contributed by atoms with E-state index in [0.717, 1.165) is 32.9 Å². The molecule has 0 amide bonds. The number of anilines is 1. The summed E-state index contributed by atoms with van der Waals surface area (Å²) in [6, 6.07) is 0.538. The molecule has 0 bridgehead atoms. The molecule has 0 aliphatic heterocycles. The van der Waals surface area contributed by atoms with Gasteiger partial charge in [0.25, 0.3) is 0 Å². The van der Waals surface area contributed by atoms with Gasteiger partial charge in [-0.15, -0.1) is 0 Å². The first-order valence-corrected chi connectivity index (χ1v) is 7.82. The Hall–Kier alpha value is -1.23. The lowest BCUT2D eigenvalue weighted by Gasteiger charge is -2.27. The molecule has 0 saturated heterocycles. The molecule has 1 aliphatic carbocycles. The largest absolute Gasteiger partial charge is 0.365 e. The van der Waals surface area contributed by atoms with Crippen LogP contribution in [0.25, 0.3) is 10.3 Å². The van der Waals surface area contributed by atoms with E-state index < -0.39 is 0 Å². The second kappa shape index (κ2) is 5.04. The minimum atomic E-state index is 0.538. The Kier molecular flexibility index (Phi) is 3.39. The predicted molar refractivity (Wildman–Crippen MR) is 79.7 cm³/mol. The van der Waals surface area contributed by atoms with Crippen molar-refractivity contribution >= 4 is 27.5 Å². The number of hydrogen-bond donors (Lipinski definition) is 1. The van der Waals surface area contributed by atoms with Gasteiger partial charge in [0, 0.05) is 6.04 Å². The van der Waals surface area contributed by atoms with Gasteiger partial charge in [-0.1, -0.05) is 18.3 Å². The summed E-state index contributed by atoms with van der Waals surface area (Å²) in [5.74, 6) is 2.61. The molecule has 2 aromatic rings. The third kappa shape index (κ3) is 2.71. The molecule has 1 N–H and O–H groups in total. The first kappa shape index (κ1) is 12.8. The summed E-state index contributed by atoms with van der Waals surface area (Å²) in [5.41, 5.74) is 0.937. The van der Waals surface area contributed by atoms with Crippen molar-refractivity contribution in [3.05, 3.63) is 10.8 Å². The number of nitrogens with one attached hydrogen (secondary N) is 1. The van der Waals surface area contributed by atoms with Gasteiger partial charge < -0.3 is 5.32 Å². The Morgan fingerprint density at radius 2 is 1.79 bits per heavy atom. The van der Waals surface area contributed by atoms with E-state index in [1.165, 1.54) is 25.7 Å². The SMILES string of the molecule is Cc1nc(NC2CCC(C)CC2)c2nc(C)sc2n1. The molecule has 19 heavy (non-hydrogen) atoms. The summed E-state index contributed by atoms with van der Waals surface area (Å²) in [6.45, 7) is 6.31. The lowest BCUT2D eigenvalue weighted by Crippen LogP contribution is -2.26. The fourth-order valence-electron chi connectivity index (χ4n) is 2.73. The summed E-state index contributed by atoms with van der Waals surface area (Å²) in [5, 5.41) is 4.64. The number of rotatable bonds is 2. The normalized spacial score (nSPS) is 23.7. The average molecular weight is 276 g/mol. The highest BCUT2D eigenvalue weighted by Gasteiger charge is 2.20. The molecule has 0 atom stereocenters. The van der Waals surface area contributed by atoms with Gasteiger partial charge in [-0.25, -0.2) is 15.0 Å². The van der Waals surface area contributed by atoms with Gasteiger partial charge >= 0.3 is 0 Å². The maximum atomic E-state index is 4.57. The van der Waals surface area contributed by atoms with Crippen LogP contribution in [-0.4, -0.2) is 21.0 Å². The molecule has 1 saturated carbocycles. The standard InChI is InChI=1S/C14H20N4S/c1-8-4-6-11(7-5-8)18-13-12-14(16-9(2)15-13)19-10(3)17-12/h8,11H,4-7H2,1-3H3,(H,15,16,18). The molecule has 0 spiro atoms. The molecule has 0 unspecified atom stereocenters. The van der Waals surface area contributed by atoms with Crippen molar-refractivity contribution in [2.45, 2.75) is 52.5 Å². The van der Waals surface area contributed by atoms with Crippen molar-refractivity contribution in [3.63, 3.8) is 0 Å². The lowest BCUT2D eigenvalue weighted by molar-refractivity contribution is 0.361. The van der Waals surface area contributed by atoms with Gasteiger partial charge in [-0.2, -0.15) is 0 Å². The van der Waals surface area contributed by atoms with Crippen LogP contribution >= 0.6 is 11.3 Å². The topological polar surface area (TPSA) is 50.7 Å². The predicted octanol–water partition coefficient (Wildman–Crippen LogP) is 3.69. The van der Waals surface area contributed by atoms with Gasteiger partial charge in [-0.05, 0) is 45.4 Å². The Morgan fingerprint density at radius 1 is 1.05 bits per heavy atom. The third-order valence-corrected chi connectivity index (χ3v) is 4.70. The molecule has 0 aromatic carbocycles. The quantitative estimate of drug-likeness (QED) is 0.908. The summed E-state index contributed by atoms with van der Waals surface area (Å²) in [7, 11) is 0. The zero-order chi connectivity index (χ0) is 13.4. The highest BCUT2D eigenvalue weighted by molar-refractivity contribution is 7.18. The van der Waals surface area contributed by atoms with Gasteiger partial charge in [-0.3, -0.25) is 0 Å². The van der Waals surface area contributed by atoms with Crippen molar-refractivity contribution in [1.82, 2.24) is 15.0 Å². The van der Waals surface area contributed by atoms with Crippen LogP contribution in [0.4, 0.5) is 5.82 Å². The lowest BCUT2D eigenvalue weighted by atomic mass is 9.87. The molecule has 1 aliphatic rings. The van der Waals surface area contributed by atoms with E-state index >= 15 is 0 Å². The summed E-state index contributed by atoms with van der Waals surface area (Å²) >= 11 is 1.64. The summed E-state index contributed by atoms with van der Waals surface area (Å²) in [6.07, 6.45) is 5.07. The molecule has 4 nitrogen and oxygen atoms in total. The van der Waals surface area contributed by atoms with Crippen molar-refractivity contribution in [1.29, 1.82) is 0 Å². The van der Waals surface area contributed by atoms with Crippen LogP contribution in [-0.2, 0) is 0 Å². The number of aromatic nitrogens is 3. The fraction of sp³-hybridized carbons (Fsp3) is 0.643. The van der Waals surface area contributed by atoms with Crippen LogP contribution in [0.5, 0.6) is 0 Å². The maximum absolute atomic E-state index is 4.57. The molecule has 102 valence electrons. The molecule has 2 heterocycles. The van der Waals surface area contributed by atoms with Crippen LogP contribution < -0.4 is 5.32 Å². The highest BCUT2D eigenvalue weighted by atomic mass is 32.1. The van der Waals surface area contributed by atoms with E-state index in [1.54, 1.807) is 11.3 Å². The second-order valence-electron chi connectivity index (χ2n) is 5.61. The molecular formula is C14H20N4S. The van der Waals surface area contributed by atoms with E-state index in [1.807, 2.05) is 13.8 Å². The number of aryl methyl sites for hydroxylation is 2. The molecule has 3 rings (SSSR count). The van der Waals surface area contributed by atoms with E-state index in [-0.39, 0.29) is 0 Å². The highest BCUT2D eigenvalue weighted by Crippen LogP contribution is 2.29. The number of thiazole rings is 1. The maximum Gasteiger partial charge on any atom is 0.157 e. The minimum absolute atomic E-state index is 0.538. The summed E-state index contributed by atoms with van der Waals surface area (Å²) in [4.78, 5) is 14.6. The van der Waals surface area contributed by atoms with Crippen LogP contribution in [0.2, 0.25) is 0 Å². The van der Waals surface area contributed by atoms with Gasteiger partial charge in [0.2, 0.25) is 0 Å². The van der Waals surface area contributed by atoms with Gasteiger partial charge in [0.15, 0.2) is 5.82 Å². The zero-order valence-corrected chi connectivity index (χ0v) is 12.5. The van der Waals surface area contributed by atoms with Gasteiger partial charge in [0.05, 0.1) is 5.01 Å². The van der Waals surface area contributed by atoms with E-state index in [4.69, 9.17) is 0 Å². The Labute approximate surface area is 117 Å². The van der Waals surface area contributed by atoms with Crippen LogP contribution in [0.3, 0.4) is 0 Å². The number of nitrogens with zero attached hydrogens (tertiary/aromatic N) is 3. The molecular weight excluding hydrogens is 256 g/mol. The Morgan fingerprint density at radius 3 is 2.53 bits per heavy atom.